The molecule has 1 aromatic carbocycles. The van der Waals surface area contributed by atoms with Crippen molar-refractivity contribution in [1.82, 2.24) is 4.98 Å². The van der Waals surface area contributed by atoms with Crippen LogP contribution in [0.4, 0.5) is 5.69 Å². The van der Waals surface area contributed by atoms with E-state index >= 15 is 0 Å². The van der Waals surface area contributed by atoms with Crippen LogP contribution in [0, 0.1) is 6.92 Å². The number of benzene rings is 1. The van der Waals surface area contributed by atoms with Gasteiger partial charge in [-0.1, -0.05) is 32.9 Å². The van der Waals surface area contributed by atoms with Gasteiger partial charge in [0, 0.05) is 18.3 Å². The first-order valence-electron chi connectivity index (χ1n) is 8.29. The van der Waals surface area contributed by atoms with Crippen molar-refractivity contribution in [1.29, 1.82) is 0 Å². The van der Waals surface area contributed by atoms with E-state index in [1.807, 2.05) is 38.1 Å². The van der Waals surface area contributed by atoms with Gasteiger partial charge >= 0.3 is 0 Å². The molecule has 1 heterocycles. The summed E-state index contributed by atoms with van der Waals surface area (Å²) in [5.74, 6) is 2.08. The summed E-state index contributed by atoms with van der Waals surface area (Å²) in [6.07, 6.45) is 0.859. The first kappa shape index (κ1) is 18.0. The Hall–Kier alpha value is -2.30. The number of amides is 1. The number of oxazole rings is 1. The third-order valence-electron chi connectivity index (χ3n) is 3.57. The molecule has 0 aliphatic carbocycles. The first-order chi connectivity index (χ1) is 11.3. The number of nitrogens with zero attached hydrogens (tertiary/aromatic N) is 1. The molecule has 0 fully saturated rings. The van der Waals surface area contributed by atoms with Crippen LogP contribution in [0.15, 0.2) is 28.7 Å². The minimum atomic E-state index is -0.137. The maximum Gasteiger partial charge on any atom is 0.224 e. The smallest absolute Gasteiger partial charge is 0.224 e. The fourth-order valence-electron chi connectivity index (χ4n) is 2.27. The zero-order chi connectivity index (χ0) is 17.7. The van der Waals surface area contributed by atoms with Gasteiger partial charge in [0.05, 0.1) is 18.0 Å². The molecule has 5 heteroatoms. The van der Waals surface area contributed by atoms with Crippen molar-refractivity contribution in [2.45, 2.75) is 52.9 Å². The second-order valence-corrected chi connectivity index (χ2v) is 6.75. The van der Waals surface area contributed by atoms with Gasteiger partial charge in [0.2, 0.25) is 5.91 Å². The molecule has 0 radical (unpaired) electrons. The molecule has 1 N–H and O–H groups in total. The molecule has 0 bridgehead atoms. The number of para-hydroxylation sites is 2. The van der Waals surface area contributed by atoms with Crippen molar-refractivity contribution < 1.29 is 13.9 Å². The van der Waals surface area contributed by atoms with E-state index < -0.39 is 0 Å². The van der Waals surface area contributed by atoms with Crippen molar-refractivity contribution in [3.8, 4) is 5.75 Å². The van der Waals surface area contributed by atoms with Gasteiger partial charge in [0.15, 0.2) is 5.89 Å². The number of hydrogen-bond donors (Lipinski definition) is 1. The van der Waals surface area contributed by atoms with E-state index in [0.717, 1.165) is 11.5 Å². The van der Waals surface area contributed by atoms with Gasteiger partial charge in [-0.3, -0.25) is 4.79 Å². The van der Waals surface area contributed by atoms with Crippen molar-refractivity contribution in [3.63, 3.8) is 0 Å². The minimum absolute atomic E-state index is 0.0738. The van der Waals surface area contributed by atoms with Gasteiger partial charge < -0.3 is 14.5 Å². The van der Waals surface area contributed by atoms with Crippen LogP contribution in [0.5, 0.6) is 5.75 Å². The summed E-state index contributed by atoms with van der Waals surface area (Å²) in [5, 5.41) is 2.90. The summed E-state index contributed by atoms with van der Waals surface area (Å²) in [4.78, 5) is 16.7. The molecule has 2 rings (SSSR count). The lowest BCUT2D eigenvalue weighted by molar-refractivity contribution is -0.116. The Kier molecular flexibility index (Phi) is 5.65. The molecule has 0 aliphatic heterocycles. The van der Waals surface area contributed by atoms with Crippen LogP contribution in [0.3, 0.4) is 0 Å². The predicted octanol–water partition coefficient (Wildman–Crippen LogP) is 4.25. The number of aromatic nitrogens is 1. The number of carbonyl (C=O) groups is 1. The third-order valence-corrected chi connectivity index (χ3v) is 3.57. The summed E-state index contributed by atoms with van der Waals surface area (Å²) < 4.78 is 11.3. The molecule has 0 saturated heterocycles. The van der Waals surface area contributed by atoms with Gasteiger partial charge in [0.25, 0.3) is 0 Å². The van der Waals surface area contributed by atoms with Crippen molar-refractivity contribution in [3.05, 3.63) is 41.6 Å². The van der Waals surface area contributed by atoms with Gasteiger partial charge in [-0.15, -0.1) is 0 Å². The third kappa shape index (κ3) is 4.60. The van der Waals surface area contributed by atoms with Crippen LogP contribution in [-0.4, -0.2) is 17.5 Å². The summed E-state index contributed by atoms with van der Waals surface area (Å²) in [6, 6.07) is 7.43. The Morgan fingerprint density at radius 2 is 2.00 bits per heavy atom. The lowest BCUT2D eigenvalue weighted by atomic mass is 9.97. The van der Waals surface area contributed by atoms with E-state index in [0.29, 0.717) is 36.8 Å². The van der Waals surface area contributed by atoms with Gasteiger partial charge in [-0.25, -0.2) is 4.98 Å². The van der Waals surface area contributed by atoms with Crippen LogP contribution in [0.25, 0.3) is 0 Å². The molecule has 2 aromatic rings. The van der Waals surface area contributed by atoms with Crippen molar-refractivity contribution in [2.75, 3.05) is 11.9 Å². The molecule has 0 spiro atoms. The van der Waals surface area contributed by atoms with E-state index in [1.54, 1.807) is 0 Å². The summed E-state index contributed by atoms with van der Waals surface area (Å²) >= 11 is 0. The summed E-state index contributed by atoms with van der Waals surface area (Å²) in [5.41, 5.74) is 1.40. The van der Waals surface area contributed by atoms with Crippen LogP contribution in [-0.2, 0) is 16.6 Å². The van der Waals surface area contributed by atoms with E-state index in [1.165, 1.54) is 0 Å². The quantitative estimate of drug-likeness (QED) is 0.860. The average Bonchev–Trinajstić information content (AvgIpc) is 2.89. The van der Waals surface area contributed by atoms with Gasteiger partial charge in [0.1, 0.15) is 11.5 Å². The highest BCUT2D eigenvalue weighted by Crippen LogP contribution is 2.26. The van der Waals surface area contributed by atoms with Gasteiger partial charge in [-0.05, 0) is 26.0 Å². The van der Waals surface area contributed by atoms with Crippen LogP contribution >= 0.6 is 0 Å². The first-order valence-corrected chi connectivity index (χ1v) is 8.29. The molecule has 0 aliphatic rings. The Labute approximate surface area is 143 Å². The van der Waals surface area contributed by atoms with E-state index in [4.69, 9.17) is 9.15 Å². The lowest BCUT2D eigenvalue weighted by Gasteiger charge is -2.12. The zero-order valence-corrected chi connectivity index (χ0v) is 15.1. The minimum Gasteiger partial charge on any atom is -0.492 e. The van der Waals surface area contributed by atoms with Crippen LogP contribution in [0.2, 0.25) is 0 Å². The number of ether oxygens (including phenoxy) is 1. The predicted molar refractivity (Wildman–Crippen MR) is 94.5 cm³/mol. The Morgan fingerprint density at radius 1 is 1.29 bits per heavy atom. The second-order valence-electron chi connectivity index (χ2n) is 6.75. The van der Waals surface area contributed by atoms with E-state index in [9.17, 15) is 4.79 Å². The maximum atomic E-state index is 12.2. The van der Waals surface area contributed by atoms with Crippen LogP contribution in [0.1, 0.15) is 51.5 Å². The molecule has 0 saturated carbocycles. The number of anilines is 1. The normalized spacial score (nSPS) is 11.4. The Balaban J connectivity index is 1.98. The summed E-state index contributed by atoms with van der Waals surface area (Å²) in [7, 11) is 0. The highest BCUT2D eigenvalue weighted by atomic mass is 16.5. The standard InChI is InChI=1S/C19H26N2O3/c1-6-23-16-10-8-7-9-14(16)21-17(22)12-11-15-13(2)20-18(24-15)19(3,4)5/h7-10H,6,11-12H2,1-5H3,(H,21,22). The molecule has 0 atom stereocenters. The molecular weight excluding hydrogens is 304 g/mol. The number of aryl methyl sites for hydroxylation is 2. The number of rotatable bonds is 6. The van der Waals surface area contributed by atoms with Crippen molar-refractivity contribution >= 4 is 11.6 Å². The Morgan fingerprint density at radius 3 is 2.62 bits per heavy atom. The van der Waals surface area contributed by atoms with Crippen molar-refractivity contribution in [2.24, 2.45) is 0 Å². The highest BCUT2D eigenvalue weighted by molar-refractivity contribution is 5.92. The molecule has 5 nitrogen and oxygen atoms in total. The molecule has 0 unspecified atom stereocenters. The van der Waals surface area contributed by atoms with Gasteiger partial charge in [-0.2, -0.15) is 0 Å². The number of nitrogens with one attached hydrogen (secondary N) is 1. The monoisotopic (exact) mass is 330 g/mol. The summed E-state index contributed by atoms with van der Waals surface area (Å²) in [6.45, 7) is 10.5. The zero-order valence-electron chi connectivity index (χ0n) is 15.1. The Bertz CT molecular complexity index is 699. The average molecular weight is 330 g/mol. The molecule has 1 aromatic heterocycles. The topological polar surface area (TPSA) is 64.4 Å². The second kappa shape index (κ2) is 7.51. The SMILES string of the molecule is CCOc1ccccc1NC(=O)CCc1oc(C(C)(C)C)nc1C. The molecule has 24 heavy (non-hydrogen) atoms. The molecule has 1 amide bonds. The number of hydrogen-bond acceptors (Lipinski definition) is 4. The van der Waals surface area contributed by atoms with Crippen LogP contribution < -0.4 is 10.1 Å². The largest absolute Gasteiger partial charge is 0.492 e. The maximum absolute atomic E-state index is 12.2. The lowest BCUT2D eigenvalue weighted by Crippen LogP contribution is -2.13. The fraction of sp³-hybridized carbons (Fsp3) is 0.474. The highest BCUT2D eigenvalue weighted by Gasteiger charge is 2.22. The fourth-order valence-corrected chi connectivity index (χ4v) is 2.27. The molecule has 130 valence electrons. The van der Waals surface area contributed by atoms with E-state index in [-0.39, 0.29) is 11.3 Å². The van der Waals surface area contributed by atoms with E-state index in [2.05, 4.69) is 31.1 Å². The number of carbonyl (C=O) groups excluding carboxylic acids is 1. The molecular formula is C19H26N2O3.